The number of rotatable bonds is 8. The number of likely N-dealkylation sites (tertiary alicyclic amines) is 1. The number of nitrogens with zero attached hydrogens (tertiary/aromatic N) is 2. The molecule has 0 spiro atoms. The summed E-state index contributed by atoms with van der Waals surface area (Å²) < 4.78 is 24.6. The van der Waals surface area contributed by atoms with Crippen molar-refractivity contribution in [3.63, 3.8) is 0 Å². The Morgan fingerprint density at radius 1 is 0.960 bits per heavy atom. The number of aromatic hydroxyl groups is 1. The number of hydrogen-bond donors (Lipinski definition) is 2. The van der Waals surface area contributed by atoms with E-state index in [2.05, 4.69) is 5.43 Å². The highest BCUT2D eigenvalue weighted by Gasteiger charge is 2.69. The first-order chi connectivity index (χ1) is 24.0. The molecule has 2 heterocycles. The van der Waals surface area contributed by atoms with E-state index < -0.39 is 52.6 Å². The highest BCUT2D eigenvalue weighted by atomic mass is 35.5. The average Bonchev–Trinajstić information content (AvgIpc) is 3.49. The Kier molecular flexibility index (Phi) is 8.42. The van der Waals surface area contributed by atoms with E-state index in [9.17, 15) is 23.9 Å². The minimum Gasteiger partial charge on any atom is -0.502 e. The molecule has 2 N–H and O–H groups in total. The van der Waals surface area contributed by atoms with Crippen LogP contribution in [0.15, 0.2) is 78.4 Å². The topological polar surface area (TPSA) is 125 Å². The van der Waals surface area contributed by atoms with Gasteiger partial charge in [-0.05, 0) is 85.3 Å². The van der Waals surface area contributed by atoms with Gasteiger partial charge in [-0.1, -0.05) is 47.5 Å². The SMILES string of the molecule is CCN1C(=O)C2CC=C3C(CC4C(=O)N(Nc5ccc(F)cc5)C(=O)C4(c4ccc(Cl)cc4)C3C=Cc3cc(OC)c(O)c(OC)c3)C2C1=O. The first-order valence-electron chi connectivity index (χ1n) is 16.4. The van der Waals surface area contributed by atoms with Gasteiger partial charge in [-0.25, -0.2) is 4.39 Å². The third-order valence-electron chi connectivity index (χ3n) is 10.7. The monoisotopic (exact) mass is 699 g/mol. The normalized spacial score (nSPS) is 27.3. The summed E-state index contributed by atoms with van der Waals surface area (Å²) in [5.41, 5.74) is 3.68. The Labute approximate surface area is 293 Å². The molecule has 4 amide bonds. The Hall–Kier alpha value is -5.16. The molecular weight excluding hydrogens is 665 g/mol. The number of imide groups is 2. The van der Waals surface area contributed by atoms with Crippen LogP contribution in [0, 0.1) is 35.4 Å². The van der Waals surface area contributed by atoms with E-state index in [0.29, 0.717) is 28.3 Å². The van der Waals surface area contributed by atoms with Crippen LogP contribution in [0.2, 0.25) is 5.02 Å². The quantitative estimate of drug-likeness (QED) is 0.225. The standard InChI is InChI=1S/C38H35ClFN3O7/c1-4-42-34(45)26-15-14-25-27(32(26)36(42)47)19-29-35(46)43(41-24-12-10-23(40)11-13-24)37(48)38(29,21-6-8-22(39)9-7-21)28(25)16-5-20-17-30(49-2)33(44)31(18-20)50-3/h5-14,16-18,26-29,32,41,44H,4,15,19H2,1-3H3. The van der Waals surface area contributed by atoms with Crippen molar-refractivity contribution in [2.45, 2.75) is 25.2 Å². The van der Waals surface area contributed by atoms with E-state index in [0.717, 1.165) is 10.6 Å². The fraction of sp³-hybridized carbons (Fsp3) is 0.316. The Bertz CT molecular complexity index is 1940. The van der Waals surface area contributed by atoms with Crippen LogP contribution in [-0.4, -0.2) is 59.4 Å². The van der Waals surface area contributed by atoms with Gasteiger partial charge in [0.2, 0.25) is 17.6 Å². The molecule has 10 nitrogen and oxygen atoms in total. The summed E-state index contributed by atoms with van der Waals surface area (Å²) in [6.07, 6.45) is 6.03. The van der Waals surface area contributed by atoms with Gasteiger partial charge in [0.05, 0.1) is 43.1 Å². The van der Waals surface area contributed by atoms with Crippen LogP contribution in [0.1, 0.15) is 30.9 Å². The molecule has 0 radical (unpaired) electrons. The molecule has 2 aliphatic heterocycles. The van der Waals surface area contributed by atoms with Gasteiger partial charge in [0.25, 0.3) is 11.8 Å². The Morgan fingerprint density at radius 2 is 1.62 bits per heavy atom. The van der Waals surface area contributed by atoms with E-state index in [1.165, 1.54) is 43.4 Å². The maximum atomic E-state index is 15.1. The third-order valence-corrected chi connectivity index (χ3v) is 11.0. The average molecular weight is 700 g/mol. The largest absolute Gasteiger partial charge is 0.502 e. The van der Waals surface area contributed by atoms with Crippen molar-refractivity contribution in [3.05, 3.63) is 100 Å². The molecule has 3 aromatic carbocycles. The fourth-order valence-electron chi connectivity index (χ4n) is 8.50. The molecule has 12 heteroatoms. The minimum absolute atomic E-state index is 0.142. The lowest BCUT2D eigenvalue weighted by Crippen LogP contribution is -2.54. The maximum absolute atomic E-state index is 15.1. The predicted octanol–water partition coefficient (Wildman–Crippen LogP) is 5.75. The summed E-state index contributed by atoms with van der Waals surface area (Å²) in [4.78, 5) is 58.2. The van der Waals surface area contributed by atoms with Crippen LogP contribution in [0.25, 0.3) is 6.08 Å². The molecule has 3 aromatic rings. The summed E-state index contributed by atoms with van der Waals surface area (Å²) in [5.74, 6) is -5.31. The second kappa shape index (κ2) is 12.6. The minimum atomic E-state index is -1.50. The summed E-state index contributed by atoms with van der Waals surface area (Å²) in [6.45, 7) is 2.00. The number of allylic oxidation sites excluding steroid dienone is 3. The number of phenols is 1. The number of benzene rings is 3. The first-order valence-corrected chi connectivity index (χ1v) is 16.8. The maximum Gasteiger partial charge on any atom is 0.260 e. The fourth-order valence-corrected chi connectivity index (χ4v) is 8.62. The molecule has 6 atom stereocenters. The second-order valence-corrected chi connectivity index (χ2v) is 13.4. The van der Waals surface area contributed by atoms with E-state index in [-0.39, 0.29) is 42.0 Å². The van der Waals surface area contributed by atoms with Crippen molar-refractivity contribution in [2.24, 2.45) is 29.6 Å². The first kappa shape index (κ1) is 33.3. The van der Waals surface area contributed by atoms with Crippen molar-refractivity contribution in [3.8, 4) is 17.2 Å². The van der Waals surface area contributed by atoms with Gasteiger partial charge >= 0.3 is 0 Å². The van der Waals surface area contributed by atoms with E-state index in [1.54, 1.807) is 49.4 Å². The number of hydrazine groups is 1. The van der Waals surface area contributed by atoms with Crippen LogP contribution in [0.4, 0.5) is 10.1 Å². The zero-order chi connectivity index (χ0) is 35.5. The van der Waals surface area contributed by atoms with Crippen molar-refractivity contribution in [1.29, 1.82) is 0 Å². The molecule has 2 aliphatic carbocycles. The highest BCUT2D eigenvalue weighted by molar-refractivity contribution is 6.30. The van der Waals surface area contributed by atoms with Gasteiger partial charge in [-0.15, -0.1) is 0 Å². The summed E-state index contributed by atoms with van der Waals surface area (Å²) in [5, 5.41) is 12.0. The number of nitrogens with one attached hydrogen (secondary N) is 1. The molecule has 258 valence electrons. The molecule has 50 heavy (non-hydrogen) atoms. The molecular formula is C38H35ClFN3O7. The van der Waals surface area contributed by atoms with E-state index in [1.807, 2.05) is 12.2 Å². The number of ether oxygens (including phenoxy) is 2. The molecule has 0 bridgehead atoms. The summed E-state index contributed by atoms with van der Waals surface area (Å²) >= 11 is 6.33. The highest BCUT2D eigenvalue weighted by Crippen LogP contribution is 2.61. The number of carbonyl (C=O) groups excluding carboxylic acids is 4. The van der Waals surface area contributed by atoms with E-state index >= 15 is 4.79 Å². The predicted molar refractivity (Wildman–Crippen MR) is 182 cm³/mol. The van der Waals surface area contributed by atoms with Crippen LogP contribution in [0.5, 0.6) is 17.2 Å². The number of carbonyl (C=O) groups is 4. The lowest BCUT2D eigenvalue weighted by atomic mass is 9.50. The number of hydrogen-bond acceptors (Lipinski definition) is 8. The van der Waals surface area contributed by atoms with Crippen LogP contribution in [-0.2, 0) is 24.6 Å². The lowest BCUT2D eigenvalue weighted by Gasteiger charge is -2.49. The molecule has 3 fully saturated rings. The number of halogens is 2. The molecule has 6 unspecified atom stereocenters. The van der Waals surface area contributed by atoms with Crippen molar-refractivity contribution < 1.29 is 38.1 Å². The van der Waals surface area contributed by atoms with E-state index in [4.69, 9.17) is 21.1 Å². The Balaban J connectivity index is 1.44. The van der Waals surface area contributed by atoms with Crippen LogP contribution < -0.4 is 14.9 Å². The molecule has 7 rings (SSSR count). The molecule has 2 saturated heterocycles. The number of amides is 4. The molecule has 0 aromatic heterocycles. The number of fused-ring (bicyclic) bond motifs is 4. The third kappa shape index (κ3) is 4.97. The lowest BCUT2D eigenvalue weighted by molar-refractivity contribution is -0.141. The van der Waals surface area contributed by atoms with Crippen molar-refractivity contribution >= 4 is 47.0 Å². The van der Waals surface area contributed by atoms with Crippen LogP contribution in [0.3, 0.4) is 0 Å². The number of methoxy groups -OCH3 is 2. The Morgan fingerprint density at radius 3 is 2.24 bits per heavy atom. The second-order valence-electron chi connectivity index (χ2n) is 13.0. The number of phenolic OH excluding ortho intramolecular Hbond substituents is 1. The molecule has 1 saturated carbocycles. The van der Waals surface area contributed by atoms with Gasteiger partial charge in [-0.3, -0.25) is 29.5 Å². The number of anilines is 1. The van der Waals surface area contributed by atoms with Gasteiger partial charge in [0.15, 0.2) is 11.5 Å². The summed E-state index contributed by atoms with van der Waals surface area (Å²) in [6, 6.07) is 15.4. The molecule has 4 aliphatic rings. The van der Waals surface area contributed by atoms with Crippen molar-refractivity contribution in [2.75, 3.05) is 26.2 Å². The van der Waals surface area contributed by atoms with Crippen molar-refractivity contribution in [1.82, 2.24) is 9.91 Å². The summed E-state index contributed by atoms with van der Waals surface area (Å²) in [7, 11) is 2.84. The van der Waals surface area contributed by atoms with Gasteiger partial charge < -0.3 is 14.6 Å². The van der Waals surface area contributed by atoms with Crippen LogP contribution >= 0.6 is 11.6 Å². The van der Waals surface area contributed by atoms with Gasteiger partial charge in [0, 0.05) is 17.5 Å². The van der Waals surface area contributed by atoms with Gasteiger partial charge in [0.1, 0.15) is 5.82 Å². The van der Waals surface area contributed by atoms with Gasteiger partial charge in [-0.2, -0.15) is 5.01 Å². The smallest absolute Gasteiger partial charge is 0.260 e. The zero-order valence-corrected chi connectivity index (χ0v) is 28.3. The zero-order valence-electron chi connectivity index (χ0n) is 27.6.